The molecule has 0 atom stereocenters. The summed E-state index contributed by atoms with van der Waals surface area (Å²) in [5.74, 6) is 0.130. The van der Waals surface area contributed by atoms with Crippen LogP contribution in [0.5, 0.6) is 0 Å². The number of aromatic nitrogens is 1. The lowest BCUT2D eigenvalue weighted by atomic mass is 10.0. The molecule has 0 unspecified atom stereocenters. The monoisotopic (exact) mass is 283 g/mol. The van der Waals surface area contributed by atoms with Gasteiger partial charge in [0.05, 0.1) is 17.1 Å². The van der Waals surface area contributed by atoms with Crippen LogP contribution in [-0.2, 0) is 0 Å². The molecule has 1 aliphatic heterocycles. The fourth-order valence-corrected chi connectivity index (χ4v) is 2.82. The van der Waals surface area contributed by atoms with Crippen LogP contribution < -0.4 is 5.32 Å². The zero-order chi connectivity index (χ0) is 14.8. The normalized spacial score (nSPS) is 15.0. The molecule has 1 N–H and O–H groups in total. The van der Waals surface area contributed by atoms with Gasteiger partial charge >= 0.3 is 0 Å². The number of hydrogen-bond donors (Lipinski definition) is 1. The molecule has 21 heavy (non-hydrogen) atoms. The Balaban J connectivity index is 2.03. The number of carbonyl (C=O) groups excluding carboxylic acids is 1. The number of nitrogens with one attached hydrogen (secondary N) is 1. The van der Waals surface area contributed by atoms with E-state index in [2.05, 4.69) is 17.2 Å². The summed E-state index contributed by atoms with van der Waals surface area (Å²) in [6, 6.07) is 10.1. The molecule has 0 radical (unpaired) electrons. The van der Waals surface area contributed by atoms with Crippen LogP contribution in [0.2, 0.25) is 0 Å². The van der Waals surface area contributed by atoms with E-state index in [1.54, 1.807) is 0 Å². The van der Waals surface area contributed by atoms with E-state index in [1.165, 1.54) is 0 Å². The highest BCUT2D eigenvalue weighted by Gasteiger charge is 2.29. The zero-order valence-electron chi connectivity index (χ0n) is 12.6. The summed E-state index contributed by atoms with van der Waals surface area (Å²) in [6.07, 6.45) is 0.976. The molecule has 4 nitrogen and oxygen atoms in total. The minimum Gasteiger partial charge on any atom is -0.333 e. The van der Waals surface area contributed by atoms with E-state index in [0.717, 1.165) is 48.2 Å². The molecule has 2 heterocycles. The number of hydrogen-bond acceptors (Lipinski definition) is 3. The van der Waals surface area contributed by atoms with Crippen LogP contribution in [0.15, 0.2) is 30.3 Å². The first kappa shape index (κ1) is 14.0. The van der Waals surface area contributed by atoms with Crippen LogP contribution >= 0.6 is 0 Å². The van der Waals surface area contributed by atoms with E-state index in [1.807, 2.05) is 42.2 Å². The van der Waals surface area contributed by atoms with Crippen LogP contribution in [-0.4, -0.2) is 41.5 Å². The molecule has 0 saturated carbocycles. The Hall–Kier alpha value is -1.94. The predicted octanol–water partition coefficient (Wildman–Crippen LogP) is 2.37. The Kier molecular flexibility index (Phi) is 3.88. The number of benzene rings is 1. The average Bonchev–Trinajstić information content (AvgIpc) is 2.43. The van der Waals surface area contributed by atoms with Crippen molar-refractivity contribution in [3.8, 4) is 0 Å². The average molecular weight is 283 g/mol. The van der Waals surface area contributed by atoms with Crippen LogP contribution in [0.25, 0.3) is 10.9 Å². The van der Waals surface area contributed by atoms with Gasteiger partial charge in [-0.3, -0.25) is 9.78 Å². The highest BCUT2D eigenvalue weighted by atomic mass is 16.2. The van der Waals surface area contributed by atoms with Crippen molar-refractivity contribution in [3.05, 3.63) is 41.6 Å². The zero-order valence-corrected chi connectivity index (χ0v) is 12.6. The van der Waals surface area contributed by atoms with Gasteiger partial charge in [-0.2, -0.15) is 0 Å². The molecule has 2 aromatic rings. The molecule has 110 valence electrons. The van der Waals surface area contributed by atoms with Gasteiger partial charge in [-0.05, 0) is 25.5 Å². The second kappa shape index (κ2) is 5.82. The Bertz CT molecular complexity index is 664. The third kappa shape index (κ3) is 2.63. The van der Waals surface area contributed by atoms with Crippen molar-refractivity contribution in [1.82, 2.24) is 15.2 Å². The highest BCUT2D eigenvalue weighted by molar-refractivity contribution is 6.06. The van der Waals surface area contributed by atoms with Gasteiger partial charge < -0.3 is 10.2 Å². The lowest BCUT2D eigenvalue weighted by Crippen LogP contribution is -2.59. The van der Waals surface area contributed by atoms with Crippen LogP contribution in [0.1, 0.15) is 29.4 Å². The number of rotatable bonds is 4. The van der Waals surface area contributed by atoms with Crippen molar-refractivity contribution in [2.75, 3.05) is 19.6 Å². The van der Waals surface area contributed by atoms with Crippen LogP contribution in [0, 0.1) is 6.92 Å². The molecule has 1 fully saturated rings. The van der Waals surface area contributed by atoms with E-state index in [9.17, 15) is 4.79 Å². The van der Waals surface area contributed by atoms with Crippen molar-refractivity contribution < 1.29 is 4.79 Å². The summed E-state index contributed by atoms with van der Waals surface area (Å²) in [5.41, 5.74) is 2.56. The summed E-state index contributed by atoms with van der Waals surface area (Å²) in [6.45, 7) is 6.66. The fourth-order valence-electron chi connectivity index (χ4n) is 2.82. The highest BCUT2D eigenvalue weighted by Crippen LogP contribution is 2.21. The van der Waals surface area contributed by atoms with E-state index < -0.39 is 0 Å². The Morgan fingerprint density at radius 1 is 1.38 bits per heavy atom. The van der Waals surface area contributed by atoms with Gasteiger partial charge in [0, 0.05) is 30.7 Å². The maximum absolute atomic E-state index is 13.0. The summed E-state index contributed by atoms with van der Waals surface area (Å²) in [4.78, 5) is 19.5. The smallest absolute Gasteiger partial charge is 0.254 e. The molecule has 1 aromatic carbocycles. The topological polar surface area (TPSA) is 45.2 Å². The standard InChI is InChI=1S/C17H21N3O/c1-3-8-20(13-10-18-11-13)17(21)15-9-12(2)19-16-7-5-4-6-14(15)16/h4-7,9,13,18H,3,8,10-11H2,1-2H3. The Labute approximate surface area is 125 Å². The predicted molar refractivity (Wildman–Crippen MR) is 84.5 cm³/mol. The maximum atomic E-state index is 13.0. The van der Waals surface area contributed by atoms with Crippen molar-refractivity contribution in [2.24, 2.45) is 0 Å². The van der Waals surface area contributed by atoms with Crippen molar-refractivity contribution in [1.29, 1.82) is 0 Å². The third-order valence-corrected chi connectivity index (χ3v) is 4.00. The summed E-state index contributed by atoms with van der Waals surface area (Å²) < 4.78 is 0. The van der Waals surface area contributed by atoms with Crippen molar-refractivity contribution in [3.63, 3.8) is 0 Å². The molecule has 4 heteroatoms. The molecule has 1 saturated heterocycles. The molecule has 1 aliphatic rings. The van der Waals surface area contributed by atoms with E-state index >= 15 is 0 Å². The summed E-state index contributed by atoms with van der Waals surface area (Å²) in [7, 11) is 0. The first-order valence-corrected chi connectivity index (χ1v) is 7.58. The number of aryl methyl sites for hydroxylation is 1. The van der Waals surface area contributed by atoms with Crippen LogP contribution in [0.4, 0.5) is 0 Å². The maximum Gasteiger partial charge on any atom is 0.254 e. The first-order valence-electron chi connectivity index (χ1n) is 7.58. The Morgan fingerprint density at radius 2 is 2.14 bits per heavy atom. The van der Waals surface area contributed by atoms with Gasteiger partial charge in [0.15, 0.2) is 0 Å². The van der Waals surface area contributed by atoms with E-state index in [-0.39, 0.29) is 5.91 Å². The quantitative estimate of drug-likeness (QED) is 0.937. The second-order valence-electron chi connectivity index (χ2n) is 5.64. The van der Waals surface area contributed by atoms with E-state index in [4.69, 9.17) is 0 Å². The SMILES string of the molecule is CCCN(C(=O)c1cc(C)nc2ccccc12)C1CNC1. The fraction of sp³-hybridized carbons (Fsp3) is 0.412. The van der Waals surface area contributed by atoms with Gasteiger partial charge in [0.2, 0.25) is 0 Å². The lowest BCUT2D eigenvalue weighted by molar-refractivity contribution is 0.0617. The van der Waals surface area contributed by atoms with Gasteiger partial charge in [0.25, 0.3) is 5.91 Å². The first-order chi connectivity index (χ1) is 10.2. The Morgan fingerprint density at radius 3 is 2.81 bits per heavy atom. The molecule has 0 bridgehead atoms. The number of pyridine rings is 1. The molecular formula is C17H21N3O. The minimum absolute atomic E-state index is 0.130. The largest absolute Gasteiger partial charge is 0.333 e. The summed E-state index contributed by atoms with van der Waals surface area (Å²) in [5, 5.41) is 4.19. The van der Waals surface area contributed by atoms with Crippen molar-refractivity contribution >= 4 is 16.8 Å². The van der Waals surface area contributed by atoms with Gasteiger partial charge in [-0.1, -0.05) is 25.1 Å². The minimum atomic E-state index is 0.130. The van der Waals surface area contributed by atoms with Gasteiger partial charge in [-0.15, -0.1) is 0 Å². The third-order valence-electron chi connectivity index (χ3n) is 4.00. The molecule has 1 amide bonds. The number of carbonyl (C=O) groups is 1. The summed E-state index contributed by atoms with van der Waals surface area (Å²) >= 11 is 0. The number of para-hydroxylation sites is 1. The number of amides is 1. The van der Waals surface area contributed by atoms with Gasteiger partial charge in [-0.25, -0.2) is 0 Å². The lowest BCUT2D eigenvalue weighted by Gasteiger charge is -2.38. The molecule has 0 aliphatic carbocycles. The number of fused-ring (bicyclic) bond motifs is 1. The van der Waals surface area contributed by atoms with E-state index in [0.29, 0.717) is 6.04 Å². The molecule has 1 aromatic heterocycles. The van der Waals surface area contributed by atoms with Crippen LogP contribution in [0.3, 0.4) is 0 Å². The van der Waals surface area contributed by atoms with Gasteiger partial charge in [0.1, 0.15) is 0 Å². The molecule has 0 spiro atoms. The second-order valence-corrected chi connectivity index (χ2v) is 5.64. The molecular weight excluding hydrogens is 262 g/mol. The number of nitrogens with zero attached hydrogens (tertiary/aromatic N) is 2. The molecule has 3 rings (SSSR count). The van der Waals surface area contributed by atoms with Crippen molar-refractivity contribution in [2.45, 2.75) is 26.3 Å².